The molecule has 1 atom stereocenters. The highest BCUT2D eigenvalue weighted by molar-refractivity contribution is 5.69. The molecule has 0 aromatic heterocycles. The van der Waals surface area contributed by atoms with Crippen LogP contribution in [0.2, 0.25) is 0 Å². The molecule has 1 fully saturated rings. The molecule has 1 aliphatic rings. The van der Waals surface area contributed by atoms with E-state index in [2.05, 4.69) is 5.32 Å². The molecule has 0 radical (unpaired) electrons. The maximum atomic E-state index is 12.1. The molecule has 0 saturated carbocycles. The molecule has 6 heteroatoms. The molecule has 0 aliphatic carbocycles. The maximum Gasteiger partial charge on any atom is 0.410 e. The van der Waals surface area contributed by atoms with Gasteiger partial charge in [0.05, 0.1) is 0 Å². The zero-order valence-corrected chi connectivity index (χ0v) is 11.9. The Kier molecular flexibility index (Phi) is 5.60. The summed E-state index contributed by atoms with van der Waals surface area (Å²) in [4.78, 5) is 24.3. The fourth-order valence-electron chi connectivity index (χ4n) is 2.07. The van der Waals surface area contributed by atoms with Gasteiger partial charge < -0.3 is 20.1 Å². The van der Waals surface area contributed by atoms with Gasteiger partial charge in [0.25, 0.3) is 0 Å². The van der Waals surface area contributed by atoms with Gasteiger partial charge in [0.1, 0.15) is 5.60 Å². The highest BCUT2D eigenvalue weighted by Crippen LogP contribution is 2.16. The van der Waals surface area contributed by atoms with E-state index < -0.39 is 11.6 Å². The second-order valence-electron chi connectivity index (χ2n) is 5.82. The lowest BCUT2D eigenvalue weighted by Gasteiger charge is -2.37. The third-order valence-corrected chi connectivity index (χ3v) is 2.91. The van der Waals surface area contributed by atoms with Crippen LogP contribution < -0.4 is 5.32 Å². The summed E-state index contributed by atoms with van der Waals surface area (Å²) < 4.78 is 5.38. The lowest BCUT2D eigenvalue weighted by Crippen LogP contribution is -2.54. The summed E-state index contributed by atoms with van der Waals surface area (Å²) in [6.07, 6.45) is 1.08. The molecule has 1 rings (SSSR count). The first-order valence-corrected chi connectivity index (χ1v) is 6.72. The largest absolute Gasteiger partial charge is 0.481 e. The lowest BCUT2D eigenvalue weighted by atomic mass is 10.1. The van der Waals surface area contributed by atoms with Gasteiger partial charge in [-0.25, -0.2) is 4.79 Å². The number of hydrogen-bond acceptors (Lipinski definition) is 4. The minimum Gasteiger partial charge on any atom is -0.481 e. The Morgan fingerprint density at radius 3 is 2.68 bits per heavy atom. The van der Waals surface area contributed by atoms with Gasteiger partial charge in [-0.3, -0.25) is 4.79 Å². The monoisotopic (exact) mass is 272 g/mol. The fraction of sp³-hybridized carbons (Fsp3) is 0.846. The molecule has 0 bridgehead atoms. The van der Waals surface area contributed by atoms with Crippen LogP contribution in [-0.2, 0) is 9.53 Å². The predicted octanol–water partition coefficient (Wildman–Crippen LogP) is 1.45. The second-order valence-corrected chi connectivity index (χ2v) is 5.82. The molecule has 1 heterocycles. The molecular formula is C13H24N2O4. The van der Waals surface area contributed by atoms with Crippen LogP contribution in [0.3, 0.4) is 0 Å². The first-order chi connectivity index (χ1) is 8.79. The molecule has 0 aromatic carbocycles. The normalized spacial score (nSPS) is 20.2. The Balaban J connectivity index is 2.51. The van der Waals surface area contributed by atoms with Crippen molar-refractivity contribution in [2.45, 2.75) is 51.7 Å². The third kappa shape index (κ3) is 5.92. The quantitative estimate of drug-likeness (QED) is 0.810. The van der Waals surface area contributed by atoms with Crippen LogP contribution in [0.25, 0.3) is 0 Å². The highest BCUT2D eigenvalue weighted by atomic mass is 16.6. The fourth-order valence-corrected chi connectivity index (χ4v) is 2.07. The number of carbonyl (C=O) groups is 2. The van der Waals surface area contributed by atoms with Gasteiger partial charge in [-0.1, -0.05) is 0 Å². The van der Waals surface area contributed by atoms with E-state index in [0.717, 1.165) is 6.54 Å². The van der Waals surface area contributed by atoms with Crippen LogP contribution in [0.15, 0.2) is 0 Å². The minimum atomic E-state index is -0.799. The summed E-state index contributed by atoms with van der Waals surface area (Å²) in [5.41, 5.74) is -0.506. The van der Waals surface area contributed by atoms with Crippen molar-refractivity contribution in [1.82, 2.24) is 10.2 Å². The Hall–Kier alpha value is -1.30. The molecule has 1 amide bonds. The van der Waals surface area contributed by atoms with Crippen LogP contribution in [0.1, 0.15) is 40.0 Å². The second kappa shape index (κ2) is 6.75. The number of carbonyl (C=O) groups excluding carboxylic acids is 1. The summed E-state index contributed by atoms with van der Waals surface area (Å²) in [6, 6.07) is 0.0166. The molecule has 1 saturated heterocycles. The van der Waals surface area contributed by atoms with E-state index in [0.29, 0.717) is 25.9 Å². The molecule has 110 valence electrons. The van der Waals surface area contributed by atoms with E-state index >= 15 is 0 Å². The van der Waals surface area contributed by atoms with Gasteiger partial charge in [-0.15, -0.1) is 0 Å². The summed E-state index contributed by atoms with van der Waals surface area (Å²) >= 11 is 0. The van der Waals surface area contributed by atoms with Crippen molar-refractivity contribution in [3.8, 4) is 0 Å². The number of carboxylic acid groups (broad SMARTS) is 1. The summed E-state index contributed by atoms with van der Waals surface area (Å²) in [7, 11) is 0. The van der Waals surface area contributed by atoms with Gasteiger partial charge in [0, 0.05) is 32.1 Å². The smallest absolute Gasteiger partial charge is 0.410 e. The first-order valence-electron chi connectivity index (χ1n) is 6.72. The SMILES string of the molecule is CC(C)(C)OC(=O)N1CCNCC1CCCC(=O)O. The lowest BCUT2D eigenvalue weighted by molar-refractivity contribution is -0.137. The number of amides is 1. The molecule has 0 aromatic rings. The topological polar surface area (TPSA) is 78.9 Å². The zero-order valence-electron chi connectivity index (χ0n) is 11.9. The Bertz CT molecular complexity index is 325. The van der Waals surface area contributed by atoms with E-state index in [1.54, 1.807) is 4.90 Å². The van der Waals surface area contributed by atoms with Crippen LogP contribution in [0.5, 0.6) is 0 Å². The third-order valence-electron chi connectivity index (χ3n) is 2.91. The van der Waals surface area contributed by atoms with Crippen molar-refractivity contribution in [3.05, 3.63) is 0 Å². The number of nitrogens with zero attached hydrogens (tertiary/aromatic N) is 1. The van der Waals surface area contributed by atoms with Crippen LogP contribution in [0.4, 0.5) is 4.79 Å². The van der Waals surface area contributed by atoms with Crippen molar-refractivity contribution in [1.29, 1.82) is 0 Å². The number of rotatable bonds is 4. The summed E-state index contributed by atoms with van der Waals surface area (Å²) in [6.45, 7) is 7.56. The molecule has 0 spiro atoms. The number of aliphatic carboxylic acids is 1. The zero-order chi connectivity index (χ0) is 14.5. The van der Waals surface area contributed by atoms with Gasteiger partial charge in [-0.2, -0.15) is 0 Å². The number of carboxylic acids is 1. The van der Waals surface area contributed by atoms with Gasteiger partial charge in [0.2, 0.25) is 0 Å². The van der Waals surface area contributed by atoms with Gasteiger partial charge in [0.15, 0.2) is 0 Å². The highest BCUT2D eigenvalue weighted by Gasteiger charge is 2.29. The van der Waals surface area contributed by atoms with Crippen molar-refractivity contribution in [2.24, 2.45) is 0 Å². The molecule has 6 nitrogen and oxygen atoms in total. The number of ether oxygens (including phenoxy) is 1. The van der Waals surface area contributed by atoms with Crippen molar-refractivity contribution >= 4 is 12.1 Å². The van der Waals surface area contributed by atoms with Crippen LogP contribution >= 0.6 is 0 Å². The molecular weight excluding hydrogens is 248 g/mol. The van der Waals surface area contributed by atoms with E-state index in [1.807, 2.05) is 20.8 Å². The summed E-state index contributed by atoms with van der Waals surface area (Å²) in [5, 5.41) is 11.9. The predicted molar refractivity (Wildman–Crippen MR) is 71.1 cm³/mol. The van der Waals surface area contributed by atoms with Crippen LogP contribution in [0, 0.1) is 0 Å². The Labute approximate surface area is 114 Å². The van der Waals surface area contributed by atoms with Crippen molar-refractivity contribution in [2.75, 3.05) is 19.6 Å². The number of hydrogen-bond donors (Lipinski definition) is 2. The van der Waals surface area contributed by atoms with Crippen molar-refractivity contribution < 1.29 is 19.4 Å². The van der Waals surface area contributed by atoms with Gasteiger partial charge in [-0.05, 0) is 33.6 Å². The molecule has 1 unspecified atom stereocenters. The van der Waals surface area contributed by atoms with Crippen molar-refractivity contribution in [3.63, 3.8) is 0 Å². The summed E-state index contributed by atoms with van der Waals surface area (Å²) in [5.74, 6) is -0.799. The maximum absolute atomic E-state index is 12.1. The standard InChI is InChI=1S/C13H24N2O4/c1-13(2,3)19-12(18)15-8-7-14-9-10(15)5-4-6-11(16)17/h10,14H,4-9H2,1-3H3,(H,16,17). The van der Waals surface area contributed by atoms with E-state index in [1.165, 1.54) is 0 Å². The van der Waals surface area contributed by atoms with Crippen LogP contribution in [-0.4, -0.2) is 53.3 Å². The van der Waals surface area contributed by atoms with E-state index in [9.17, 15) is 9.59 Å². The average molecular weight is 272 g/mol. The van der Waals surface area contributed by atoms with E-state index in [-0.39, 0.29) is 18.6 Å². The molecule has 19 heavy (non-hydrogen) atoms. The number of piperazine rings is 1. The Morgan fingerprint density at radius 1 is 1.42 bits per heavy atom. The van der Waals surface area contributed by atoms with E-state index in [4.69, 9.17) is 9.84 Å². The molecule has 2 N–H and O–H groups in total. The number of nitrogens with one attached hydrogen (secondary N) is 1. The Morgan fingerprint density at radius 2 is 2.11 bits per heavy atom. The first kappa shape index (κ1) is 15.8. The average Bonchev–Trinajstić information content (AvgIpc) is 2.26. The van der Waals surface area contributed by atoms with Gasteiger partial charge >= 0.3 is 12.1 Å². The minimum absolute atomic E-state index is 0.0166. The molecule has 1 aliphatic heterocycles.